The second-order valence-corrected chi connectivity index (χ2v) is 4.60. The second-order valence-electron chi connectivity index (χ2n) is 4.60. The van der Waals surface area contributed by atoms with Crippen molar-refractivity contribution in [2.45, 2.75) is 33.4 Å². The molecule has 0 atom stereocenters. The molecule has 0 aliphatic heterocycles. The average molecular weight is 299 g/mol. The summed E-state index contributed by atoms with van der Waals surface area (Å²) in [5, 5.41) is 6.82. The van der Waals surface area contributed by atoms with Crippen LogP contribution in [0.1, 0.15) is 29.6 Å². The normalized spacial score (nSPS) is 11.8. The van der Waals surface area contributed by atoms with Gasteiger partial charge < -0.3 is 5.32 Å². The number of rotatable bonds is 3. The Bertz CT molecular complexity index is 661. The molecule has 2 aromatic rings. The van der Waals surface area contributed by atoms with Gasteiger partial charge in [0.15, 0.2) is 11.5 Å². The molecule has 2 rings (SSSR count). The topological polar surface area (TPSA) is 55.6 Å². The Kier molecular flexibility index (Phi) is 3.89. The first-order valence-electron chi connectivity index (χ1n) is 6.47. The summed E-state index contributed by atoms with van der Waals surface area (Å²) < 4.78 is 40.1. The van der Waals surface area contributed by atoms with Gasteiger partial charge in [-0.3, -0.25) is 0 Å². The zero-order valence-electron chi connectivity index (χ0n) is 12.2. The number of nitrogens with zero attached hydrogens (tertiary/aromatic N) is 4. The largest absolute Gasteiger partial charge is 0.433 e. The smallest absolute Gasteiger partial charge is 0.357 e. The van der Waals surface area contributed by atoms with Gasteiger partial charge in [0.25, 0.3) is 0 Å². The number of hydrogen-bond acceptors (Lipinski definition) is 4. The predicted octanol–water partition coefficient (Wildman–Crippen LogP) is 2.90. The number of nitrogens with one attached hydrogen (secondary N) is 1. The first-order valence-corrected chi connectivity index (χ1v) is 6.47. The molecule has 0 aliphatic rings. The lowest BCUT2D eigenvalue weighted by Gasteiger charge is -2.11. The molecular formula is C13H16F3N5. The number of hydrogen-bond donors (Lipinski definition) is 1. The summed E-state index contributed by atoms with van der Waals surface area (Å²) in [6.45, 7) is 5.61. The molecule has 0 unspecified atom stereocenters. The third-order valence-electron chi connectivity index (χ3n) is 3.24. The maximum atomic E-state index is 12.9. The van der Waals surface area contributed by atoms with E-state index in [9.17, 15) is 13.2 Å². The van der Waals surface area contributed by atoms with Crippen LogP contribution in [-0.4, -0.2) is 26.8 Å². The van der Waals surface area contributed by atoms with Crippen molar-refractivity contribution in [3.05, 3.63) is 28.7 Å². The first kappa shape index (κ1) is 15.3. The molecule has 2 aromatic heterocycles. The standard InChI is InChI=1S/C13H16F3N5/c1-5-9-7(2)20-21(8(9)3)11-6-10(13(14,15)16)18-12(17-4)19-11/h6H,5H2,1-4H3,(H,17,18,19). The molecule has 2 heterocycles. The minimum atomic E-state index is -4.53. The van der Waals surface area contributed by atoms with Crippen molar-refractivity contribution < 1.29 is 13.2 Å². The van der Waals surface area contributed by atoms with E-state index in [2.05, 4.69) is 20.4 Å². The Morgan fingerprint density at radius 1 is 1.24 bits per heavy atom. The molecule has 5 nitrogen and oxygen atoms in total. The SMILES string of the molecule is CCc1c(C)nn(-c2cc(C(F)(F)F)nc(NC)n2)c1C. The second kappa shape index (κ2) is 5.34. The summed E-state index contributed by atoms with van der Waals surface area (Å²) in [5.74, 6) is 0.00685. The van der Waals surface area contributed by atoms with Gasteiger partial charge in [-0.05, 0) is 25.8 Å². The van der Waals surface area contributed by atoms with E-state index in [1.54, 1.807) is 0 Å². The molecule has 0 fully saturated rings. The fraction of sp³-hybridized carbons (Fsp3) is 0.462. The van der Waals surface area contributed by atoms with Crippen molar-refractivity contribution in [3.63, 3.8) is 0 Å². The molecular weight excluding hydrogens is 283 g/mol. The molecule has 1 N–H and O–H groups in total. The van der Waals surface area contributed by atoms with E-state index in [1.807, 2.05) is 20.8 Å². The van der Waals surface area contributed by atoms with Crippen LogP contribution in [0.15, 0.2) is 6.07 Å². The fourth-order valence-electron chi connectivity index (χ4n) is 2.21. The van der Waals surface area contributed by atoms with E-state index in [-0.39, 0.29) is 11.8 Å². The highest BCUT2D eigenvalue weighted by Gasteiger charge is 2.34. The lowest BCUT2D eigenvalue weighted by Crippen LogP contribution is -2.14. The molecule has 21 heavy (non-hydrogen) atoms. The van der Waals surface area contributed by atoms with Crippen LogP contribution in [0.5, 0.6) is 0 Å². The molecule has 0 saturated heterocycles. The van der Waals surface area contributed by atoms with Gasteiger partial charge >= 0.3 is 6.18 Å². The first-order chi connectivity index (χ1) is 9.77. The lowest BCUT2D eigenvalue weighted by molar-refractivity contribution is -0.141. The lowest BCUT2D eigenvalue weighted by atomic mass is 10.1. The van der Waals surface area contributed by atoms with Crippen molar-refractivity contribution in [2.24, 2.45) is 0 Å². The molecule has 0 bridgehead atoms. The van der Waals surface area contributed by atoms with E-state index in [0.29, 0.717) is 0 Å². The van der Waals surface area contributed by atoms with Crippen molar-refractivity contribution in [3.8, 4) is 5.82 Å². The highest BCUT2D eigenvalue weighted by atomic mass is 19.4. The number of aryl methyl sites for hydroxylation is 1. The number of alkyl halides is 3. The van der Waals surface area contributed by atoms with Crippen molar-refractivity contribution in [2.75, 3.05) is 12.4 Å². The third-order valence-corrected chi connectivity index (χ3v) is 3.24. The summed E-state index contributed by atoms with van der Waals surface area (Å²) in [4.78, 5) is 7.50. The highest BCUT2D eigenvalue weighted by molar-refractivity contribution is 5.38. The van der Waals surface area contributed by atoms with Gasteiger partial charge in [-0.1, -0.05) is 6.92 Å². The summed E-state index contributed by atoms with van der Waals surface area (Å²) in [7, 11) is 1.47. The van der Waals surface area contributed by atoms with Gasteiger partial charge in [-0.2, -0.15) is 23.3 Å². The van der Waals surface area contributed by atoms with Crippen LogP contribution in [0.3, 0.4) is 0 Å². The monoisotopic (exact) mass is 299 g/mol. The van der Waals surface area contributed by atoms with Gasteiger partial charge in [0, 0.05) is 18.8 Å². The molecule has 0 aromatic carbocycles. The molecule has 0 spiro atoms. The molecule has 0 aliphatic carbocycles. The van der Waals surface area contributed by atoms with Crippen molar-refractivity contribution in [1.82, 2.24) is 19.7 Å². The average Bonchev–Trinajstić information content (AvgIpc) is 2.72. The third kappa shape index (κ3) is 2.84. The van der Waals surface area contributed by atoms with E-state index in [1.165, 1.54) is 11.7 Å². The zero-order chi connectivity index (χ0) is 15.8. The van der Waals surface area contributed by atoms with Gasteiger partial charge in [-0.15, -0.1) is 0 Å². The summed E-state index contributed by atoms with van der Waals surface area (Å²) >= 11 is 0. The Balaban J connectivity index is 2.64. The Hall–Kier alpha value is -2.12. The van der Waals surface area contributed by atoms with Crippen molar-refractivity contribution >= 4 is 5.95 Å². The summed E-state index contributed by atoms with van der Waals surface area (Å²) in [5.41, 5.74) is 1.58. The molecule has 0 radical (unpaired) electrons. The van der Waals surface area contributed by atoms with Crippen molar-refractivity contribution in [1.29, 1.82) is 0 Å². The predicted molar refractivity (Wildman–Crippen MR) is 72.6 cm³/mol. The van der Waals surface area contributed by atoms with Crippen LogP contribution in [0, 0.1) is 13.8 Å². The fourth-order valence-corrected chi connectivity index (χ4v) is 2.21. The number of halogens is 3. The minimum Gasteiger partial charge on any atom is -0.357 e. The van der Waals surface area contributed by atoms with Crippen LogP contribution in [0.4, 0.5) is 19.1 Å². The van der Waals surface area contributed by atoms with E-state index in [4.69, 9.17) is 0 Å². The van der Waals surface area contributed by atoms with Crippen LogP contribution in [-0.2, 0) is 12.6 Å². The quantitative estimate of drug-likeness (QED) is 0.947. The van der Waals surface area contributed by atoms with E-state index < -0.39 is 11.9 Å². The number of aromatic nitrogens is 4. The van der Waals surface area contributed by atoms with Gasteiger partial charge in [0.1, 0.15) is 0 Å². The van der Waals surface area contributed by atoms with Gasteiger partial charge in [-0.25, -0.2) is 9.67 Å². The summed E-state index contributed by atoms with van der Waals surface area (Å²) in [6.07, 6.45) is -3.78. The molecule has 0 saturated carbocycles. The number of anilines is 1. The van der Waals surface area contributed by atoms with Crippen LogP contribution in [0.25, 0.3) is 5.82 Å². The van der Waals surface area contributed by atoms with Gasteiger partial charge in [0.05, 0.1) is 5.69 Å². The Labute approximate surface area is 120 Å². The van der Waals surface area contributed by atoms with Gasteiger partial charge in [0.2, 0.25) is 5.95 Å². The highest BCUT2D eigenvalue weighted by Crippen LogP contribution is 2.29. The van der Waals surface area contributed by atoms with Crippen LogP contribution < -0.4 is 5.32 Å². The zero-order valence-corrected chi connectivity index (χ0v) is 12.2. The minimum absolute atomic E-state index is 0.0922. The molecule has 114 valence electrons. The van der Waals surface area contributed by atoms with Crippen LogP contribution >= 0.6 is 0 Å². The van der Waals surface area contributed by atoms with E-state index in [0.717, 1.165) is 29.4 Å². The maximum Gasteiger partial charge on any atom is 0.433 e. The Morgan fingerprint density at radius 3 is 2.38 bits per heavy atom. The van der Waals surface area contributed by atoms with Crippen LogP contribution in [0.2, 0.25) is 0 Å². The Morgan fingerprint density at radius 2 is 1.90 bits per heavy atom. The van der Waals surface area contributed by atoms with E-state index >= 15 is 0 Å². The summed E-state index contributed by atoms with van der Waals surface area (Å²) in [6, 6.07) is 0.902. The molecule has 8 heteroatoms. The maximum absolute atomic E-state index is 12.9. The molecule has 0 amide bonds.